The molecule has 1 heterocycles. The van der Waals surface area contributed by atoms with Gasteiger partial charge in [0.25, 0.3) is 0 Å². The molecule has 0 amide bonds. The van der Waals surface area contributed by atoms with Gasteiger partial charge in [-0.15, -0.1) is 0 Å². The second-order valence-electron chi connectivity index (χ2n) is 9.05. The Kier molecular flexibility index (Phi) is 9.95. The van der Waals surface area contributed by atoms with Crippen LogP contribution in [0, 0.1) is 11.8 Å². The van der Waals surface area contributed by atoms with Gasteiger partial charge in [-0.1, -0.05) is 24.3 Å². The Morgan fingerprint density at radius 1 is 1.14 bits per heavy atom. The minimum absolute atomic E-state index is 0.0607. The molecule has 2 aliphatic rings. The summed E-state index contributed by atoms with van der Waals surface area (Å²) in [6, 6.07) is 4.63. The lowest BCUT2D eigenvalue weighted by atomic mass is 9.85. The molecule has 1 aliphatic heterocycles. The number of carbonyl (C=O) groups is 1. The first-order chi connectivity index (χ1) is 17.1. The van der Waals surface area contributed by atoms with Gasteiger partial charge in [0.05, 0.1) is 38.1 Å². The smallest absolute Gasteiger partial charge is 0.416 e. The Morgan fingerprint density at radius 2 is 1.83 bits per heavy atom. The van der Waals surface area contributed by atoms with Gasteiger partial charge in [0.15, 0.2) is 0 Å². The van der Waals surface area contributed by atoms with E-state index in [9.17, 15) is 28.2 Å². The number of ether oxygens (including phenoxy) is 4. The van der Waals surface area contributed by atoms with Crippen molar-refractivity contribution in [1.82, 2.24) is 0 Å². The summed E-state index contributed by atoms with van der Waals surface area (Å²) < 4.78 is 60.8. The van der Waals surface area contributed by atoms with Gasteiger partial charge >= 0.3 is 12.1 Å². The highest BCUT2D eigenvalue weighted by Gasteiger charge is 2.44. The number of benzene rings is 1. The van der Waals surface area contributed by atoms with Crippen molar-refractivity contribution in [1.29, 1.82) is 0 Å². The van der Waals surface area contributed by atoms with Crippen LogP contribution in [0.3, 0.4) is 0 Å². The molecule has 4 atom stereocenters. The normalized spacial score (nSPS) is 26.2. The molecule has 36 heavy (non-hydrogen) atoms. The minimum Gasteiger partial charge on any atom is -0.488 e. The molecule has 1 saturated heterocycles. The fraction of sp³-hybridized carbons (Fsp3) is 0.577. The number of aliphatic hydroxyl groups excluding tert-OH is 2. The Bertz CT molecular complexity index is 909. The number of esters is 1. The summed E-state index contributed by atoms with van der Waals surface area (Å²) in [4.78, 5) is 11.1. The molecule has 200 valence electrons. The van der Waals surface area contributed by atoms with Crippen molar-refractivity contribution < 1.29 is 47.1 Å². The Morgan fingerprint density at radius 3 is 2.50 bits per heavy atom. The molecule has 3 rings (SSSR count). The summed E-state index contributed by atoms with van der Waals surface area (Å²) in [5.74, 6) is -1.86. The topological polar surface area (TPSA) is 94.5 Å². The van der Waals surface area contributed by atoms with Gasteiger partial charge in [0, 0.05) is 12.5 Å². The molecule has 2 fully saturated rings. The zero-order valence-electron chi connectivity index (χ0n) is 20.2. The molecular weight excluding hydrogens is 481 g/mol. The maximum absolute atomic E-state index is 13.0. The lowest BCUT2D eigenvalue weighted by molar-refractivity contribution is -0.185. The highest BCUT2D eigenvalue weighted by molar-refractivity contribution is 5.82. The summed E-state index contributed by atoms with van der Waals surface area (Å²) in [6.07, 6.45) is 3.08. The van der Waals surface area contributed by atoms with Crippen molar-refractivity contribution in [3.63, 3.8) is 0 Å². The number of hydrogen-bond donors (Lipinski definition) is 2. The molecule has 0 spiro atoms. The molecule has 1 saturated carbocycles. The first kappa shape index (κ1) is 28.2. The van der Waals surface area contributed by atoms with Crippen molar-refractivity contribution in [2.24, 2.45) is 11.8 Å². The minimum atomic E-state index is -4.47. The summed E-state index contributed by atoms with van der Waals surface area (Å²) in [6.45, 7) is 0.559. The average Bonchev–Trinajstić information content (AvgIpc) is 3.42. The molecule has 0 aromatic heterocycles. The van der Waals surface area contributed by atoms with E-state index >= 15 is 0 Å². The van der Waals surface area contributed by atoms with E-state index < -0.39 is 35.7 Å². The highest BCUT2D eigenvalue weighted by Crippen LogP contribution is 2.41. The van der Waals surface area contributed by atoms with Crippen molar-refractivity contribution in [2.75, 3.05) is 26.9 Å². The number of hydrogen-bond acceptors (Lipinski definition) is 7. The number of alkyl halides is 3. The number of aliphatic hydroxyl groups is 2. The van der Waals surface area contributed by atoms with E-state index in [4.69, 9.17) is 14.2 Å². The largest absolute Gasteiger partial charge is 0.488 e. The third kappa shape index (κ3) is 7.80. The van der Waals surface area contributed by atoms with Crippen LogP contribution >= 0.6 is 0 Å². The van der Waals surface area contributed by atoms with Gasteiger partial charge in [0.1, 0.15) is 12.4 Å². The number of rotatable bonds is 11. The van der Waals surface area contributed by atoms with Crippen LogP contribution in [0.15, 0.2) is 48.6 Å². The standard InChI is InChI=1S/C26H33F3O7/c1-33-24(32)10-5-3-2-4-9-20-21(23(31)16-22(20)30)11-12-25(35-13-14-36-25)17-34-19-8-6-7-18(15-19)26(27,28)29/h2-3,5-8,10,15,20-23,30-31H,4,9,11-14,16-17H2,1H3/b3-2-,10-5?/t20-,21-,22+,23-/m1/s1. The summed E-state index contributed by atoms with van der Waals surface area (Å²) in [5, 5.41) is 21.1. The Hall–Kier alpha value is -2.40. The summed E-state index contributed by atoms with van der Waals surface area (Å²) in [7, 11) is 1.30. The first-order valence-corrected chi connectivity index (χ1v) is 12.0. The molecule has 10 heteroatoms. The predicted molar refractivity (Wildman–Crippen MR) is 124 cm³/mol. The van der Waals surface area contributed by atoms with E-state index in [2.05, 4.69) is 4.74 Å². The Balaban J connectivity index is 1.57. The van der Waals surface area contributed by atoms with Gasteiger partial charge in [-0.2, -0.15) is 13.2 Å². The second kappa shape index (κ2) is 12.7. The van der Waals surface area contributed by atoms with E-state index in [-0.39, 0.29) is 30.6 Å². The average molecular weight is 515 g/mol. The summed E-state index contributed by atoms with van der Waals surface area (Å²) >= 11 is 0. The predicted octanol–water partition coefficient (Wildman–Crippen LogP) is 4.03. The number of halogens is 3. The van der Waals surface area contributed by atoms with Crippen LogP contribution in [0.2, 0.25) is 0 Å². The van der Waals surface area contributed by atoms with Crippen LogP contribution in [0.25, 0.3) is 0 Å². The molecule has 1 aliphatic carbocycles. The number of allylic oxidation sites excluding steroid dienone is 3. The quantitative estimate of drug-likeness (QED) is 0.262. The Labute approximate surface area is 208 Å². The molecule has 1 aromatic carbocycles. The molecule has 7 nitrogen and oxygen atoms in total. The SMILES string of the molecule is COC(=O)C=C/C=C\CC[C@@H]1[C@@H](CCC2(COc3cccc(C(F)(F)F)c3)OCCO2)[C@H](O)C[C@@H]1O. The van der Waals surface area contributed by atoms with Gasteiger partial charge in [-0.3, -0.25) is 0 Å². The zero-order chi connectivity index (χ0) is 26.2. The molecular formula is C26H33F3O7. The lowest BCUT2D eigenvalue weighted by Gasteiger charge is -2.31. The fourth-order valence-corrected chi connectivity index (χ4v) is 4.79. The van der Waals surface area contributed by atoms with E-state index in [1.54, 1.807) is 12.2 Å². The third-order valence-electron chi connectivity index (χ3n) is 6.66. The van der Waals surface area contributed by atoms with Gasteiger partial charge in [-0.05, 0) is 55.7 Å². The molecule has 0 bridgehead atoms. The fourth-order valence-electron chi connectivity index (χ4n) is 4.79. The molecule has 0 radical (unpaired) electrons. The van der Waals surface area contributed by atoms with E-state index in [1.807, 2.05) is 6.08 Å². The first-order valence-electron chi connectivity index (χ1n) is 12.0. The van der Waals surface area contributed by atoms with Crippen LogP contribution in [0.1, 0.15) is 37.7 Å². The lowest BCUT2D eigenvalue weighted by Crippen LogP contribution is -2.39. The summed E-state index contributed by atoms with van der Waals surface area (Å²) in [5.41, 5.74) is -0.803. The van der Waals surface area contributed by atoms with Crippen LogP contribution in [0.5, 0.6) is 5.75 Å². The molecule has 1 aromatic rings. The maximum Gasteiger partial charge on any atom is 0.416 e. The highest BCUT2D eigenvalue weighted by atomic mass is 19.4. The van der Waals surface area contributed by atoms with Gasteiger partial charge < -0.3 is 29.2 Å². The van der Waals surface area contributed by atoms with Crippen LogP contribution < -0.4 is 4.74 Å². The molecule has 0 unspecified atom stereocenters. The third-order valence-corrected chi connectivity index (χ3v) is 6.66. The zero-order valence-corrected chi connectivity index (χ0v) is 20.2. The number of methoxy groups -OCH3 is 1. The molecule has 2 N–H and O–H groups in total. The maximum atomic E-state index is 13.0. The number of carbonyl (C=O) groups excluding carboxylic acids is 1. The van der Waals surface area contributed by atoms with Crippen LogP contribution in [-0.2, 0) is 25.2 Å². The van der Waals surface area contributed by atoms with Crippen molar-refractivity contribution >= 4 is 5.97 Å². The van der Waals surface area contributed by atoms with Crippen molar-refractivity contribution in [2.45, 2.75) is 56.3 Å². The van der Waals surface area contributed by atoms with Gasteiger partial charge in [0.2, 0.25) is 5.79 Å². The van der Waals surface area contributed by atoms with Crippen molar-refractivity contribution in [3.8, 4) is 5.75 Å². The van der Waals surface area contributed by atoms with E-state index in [0.717, 1.165) is 12.1 Å². The van der Waals surface area contributed by atoms with Crippen LogP contribution in [0.4, 0.5) is 13.2 Å². The van der Waals surface area contributed by atoms with Crippen LogP contribution in [-0.4, -0.2) is 61.1 Å². The van der Waals surface area contributed by atoms with E-state index in [0.29, 0.717) is 38.9 Å². The van der Waals surface area contributed by atoms with Gasteiger partial charge in [-0.25, -0.2) is 4.79 Å². The van der Waals surface area contributed by atoms with Crippen molar-refractivity contribution in [3.05, 3.63) is 54.1 Å². The van der Waals surface area contributed by atoms with E-state index in [1.165, 1.54) is 25.3 Å². The second-order valence-corrected chi connectivity index (χ2v) is 9.05. The monoisotopic (exact) mass is 514 g/mol.